The van der Waals surface area contributed by atoms with Crippen LogP contribution in [0.15, 0.2) is 0 Å². The van der Waals surface area contributed by atoms with Gasteiger partial charge in [-0.2, -0.15) is 0 Å². The number of hydrogen-bond acceptors (Lipinski definition) is 1. The molecule has 89 valence electrons. The van der Waals surface area contributed by atoms with Crippen molar-refractivity contribution < 1.29 is 4.79 Å². The average Bonchev–Trinajstić information content (AvgIpc) is 2.24. The van der Waals surface area contributed by atoms with Gasteiger partial charge in [0.05, 0.1) is 0 Å². The number of hydrogen-bond donors (Lipinski definition) is 0. The van der Waals surface area contributed by atoms with Gasteiger partial charge >= 0.3 is 0 Å². The predicted octanol–water partition coefficient (Wildman–Crippen LogP) is 3.67. The number of nitrogens with zero attached hydrogens (tertiary/aromatic N) is 1. The Hall–Kier alpha value is -0.530. The molecule has 1 amide bonds. The Bertz CT molecular complexity index is 145. The Balaban J connectivity index is 3.11. The first-order chi connectivity index (χ1) is 7.31. The van der Waals surface area contributed by atoms with Crippen LogP contribution in [0.25, 0.3) is 0 Å². The van der Waals surface area contributed by atoms with Crippen molar-refractivity contribution in [2.45, 2.75) is 71.6 Å². The Morgan fingerprint density at radius 2 is 1.47 bits per heavy atom. The molecular formula is C13H26NO. The second kappa shape index (κ2) is 11.5. The van der Waals surface area contributed by atoms with E-state index >= 15 is 0 Å². The van der Waals surface area contributed by atoms with Crippen LogP contribution in [0, 0.1) is 0 Å². The topological polar surface area (TPSA) is 31.2 Å². The average molecular weight is 212 g/mol. The predicted molar refractivity (Wildman–Crippen MR) is 64.9 cm³/mol. The van der Waals surface area contributed by atoms with Gasteiger partial charge in [-0.05, 0) is 12.8 Å². The van der Waals surface area contributed by atoms with Gasteiger partial charge in [-0.15, -0.1) is 0 Å². The minimum absolute atomic E-state index is 0.114. The van der Waals surface area contributed by atoms with E-state index < -0.39 is 0 Å². The van der Waals surface area contributed by atoms with E-state index in [0.29, 0.717) is 6.42 Å². The summed E-state index contributed by atoms with van der Waals surface area (Å²) in [5, 5.41) is 4.05. The van der Waals surface area contributed by atoms with Crippen LogP contribution in [0.3, 0.4) is 0 Å². The van der Waals surface area contributed by atoms with E-state index in [1.165, 1.54) is 38.5 Å². The summed E-state index contributed by atoms with van der Waals surface area (Å²) >= 11 is 0. The third-order valence-corrected chi connectivity index (χ3v) is 2.54. The zero-order chi connectivity index (χ0) is 11.4. The molecule has 0 saturated carbocycles. The minimum Gasteiger partial charge on any atom is -0.273 e. The zero-order valence-electron chi connectivity index (χ0n) is 10.4. The fourth-order valence-corrected chi connectivity index (χ4v) is 1.52. The van der Waals surface area contributed by atoms with Crippen molar-refractivity contribution in [3.05, 3.63) is 0 Å². The number of carbonyl (C=O) groups excluding carboxylic acids is 1. The highest BCUT2D eigenvalue weighted by molar-refractivity contribution is 5.75. The molecule has 0 fully saturated rings. The van der Waals surface area contributed by atoms with Crippen LogP contribution in [0.1, 0.15) is 71.6 Å². The van der Waals surface area contributed by atoms with E-state index in [-0.39, 0.29) is 5.91 Å². The lowest BCUT2D eigenvalue weighted by Crippen LogP contribution is -2.16. The molecule has 2 nitrogen and oxygen atoms in total. The van der Waals surface area contributed by atoms with Crippen molar-refractivity contribution in [3.63, 3.8) is 0 Å². The molecule has 0 N–H and O–H groups in total. The lowest BCUT2D eigenvalue weighted by Gasteiger charge is -2.01. The maximum Gasteiger partial charge on any atom is 0.241 e. The van der Waals surface area contributed by atoms with Gasteiger partial charge < -0.3 is 0 Å². The van der Waals surface area contributed by atoms with E-state index in [1.54, 1.807) is 0 Å². The highest BCUT2D eigenvalue weighted by Gasteiger charge is 2.01. The first-order valence-corrected chi connectivity index (χ1v) is 6.51. The summed E-state index contributed by atoms with van der Waals surface area (Å²) in [5.74, 6) is 0.114. The van der Waals surface area contributed by atoms with Gasteiger partial charge in [-0.3, -0.25) is 10.1 Å². The van der Waals surface area contributed by atoms with Crippen LogP contribution in [-0.4, -0.2) is 12.5 Å². The van der Waals surface area contributed by atoms with Crippen LogP contribution in [0.4, 0.5) is 0 Å². The first kappa shape index (κ1) is 14.5. The molecule has 0 aliphatic carbocycles. The SMILES string of the molecule is CCCCCC[N]C(=O)CCCCCC. The normalized spacial score (nSPS) is 10.3. The first-order valence-electron chi connectivity index (χ1n) is 6.51. The molecule has 0 aromatic rings. The van der Waals surface area contributed by atoms with Gasteiger partial charge in [-0.25, -0.2) is 0 Å². The molecule has 0 heterocycles. The van der Waals surface area contributed by atoms with Gasteiger partial charge in [0, 0.05) is 13.0 Å². The standard InChI is InChI=1S/C13H26NO/c1-3-5-7-9-11-13(15)14-12-10-8-6-4-2/h3-12H2,1-2H3. The third-order valence-electron chi connectivity index (χ3n) is 2.54. The molecular weight excluding hydrogens is 186 g/mol. The zero-order valence-corrected chi connectivity index (χ0v) is 10.4. The Labute approximate surface area is 94.8 Å². The Morgan fingerprint density at radius 1 is 0.867 bits per heavy atom. The van der Waals surface area contributed by atoms with Crippen molar-refractivity contribution in [1.82, 2.24) is 5.32 Å². The number of amides is 1. The highest BCUT2D eigenvalue weighted by Crippen LogP contribution is 2.03. The second-order valence-electron chi connectivity index (χ2n) is 4.15. The molecule has 0 atom stereocenters. The van der Waals surface area contributed by atoms with E-state index in [4.69, 9.17) is 0 Å². The van der Waals surface area contributed by atoms with Crippen molar-refractivity contribution in [2.24, 2.45) is 0 Å². The lowest BCUT2D eigenvalue weighted by atomic mass is 10.1. The summed E-state index contributed by atoms with van der Waals surface area (Å²) < 4.78 is 0. The van der Waals surface area contributed by atoms with Crippen molar-refractivity contribution in [2.75, 3.05) is 6.54 Å². The molecule has 0 aliphatic rings. The maximum atomic E-state index is 11.3. The van der Waals surface area contributed by atoms with Crippen molar-refractivity contribution in [3.8, 4) is 0 Å². The van der Waals surface area contributed by atoms with Crippen LogP contribution < -0.4 is 5.32 Å². The largest absolute Gasteiger partial charge is 0.273 e. The number of rotatable bonds is 10. The summed E-state index contributed by atoms with van der Waals surface area (Å²) in [6, 6.07) is 0. The van der Waals surface area contributed by atoms with E-state index in [2.05, 4.69) is 19.2 Å². The highest BCUT2D eigenvalue weighted by atomic mass is 16.1. The molecule has 0 rings (SSSR count). The Morgan fingerprint density at radius 3 is 2.07 bits per heavy atom. The van der Waals surface area contributed by atoms with Gasteiger partial charge in [0.25, 0.3) is 0 Å². The molecule has 0 bridgehead atoms. The van der Waals surface area contributed by atoms with Gasteiger partial charge in [0.15, 0.2) is 0 Å². The molecule has 1 radical (unpaired) electrons. The summed E-state index contributed by atoms with van der Waals surface area (Å²) in [6.45, 7) is 5.11. The third kappa shape index (κ3) is 11.4. The summed E-state index contributed by atoms with van der Waals surface area (Å²) in [6.07, 6.45) is 10.1. The maximum absolute atomic E-state index is 11.3. The molecule has 0 aromatic heterocycles. The van der Waals surface area contributed by atoms with E-state index in [0.717, 1.165) is 19.4 Å². The fraction of sp³-hybridized carbons (Fsp3) is 0.923. The van der Waals surface area contributed by atoms with E-state index in [9.17, 15) is 4.79 Å². The molecule has 0 aliphatic heterocycles. The summed E-state index contributed by atoms with van der Waals surface area (Å²) in [4.78, 5) is 11.3. The number of carbonyl (C=O) groups is 1. The minimum atomic E-state index is 0.114. The summed E-state index contributed by atoms with van der Waals surface area (Å²) in [5.41, 5.74) is 0. The van der Waals surface area contributed by atoms with Crippen LogP contribution in [0.2, 0.25) is 0 Å². The molecule has 0 unspecified atom stereocenters. The second-order valence-corrected chi connectivity index (χ2v) is 4.15. The van der Waals surface area contributed by atoms with E-state index in [1.807, 2.05) is 0 Å². The van der Waals surface area contributed by atoms with Crippen molar-refractivity contribution in [1.29, 1.82) is 0 Å². The molecule has 0 aromatic carbocycles. The Kier molecular flexibility index (Phi) is 11.1. The quantitative estimate of drug-likeness (QED) is 0.508. The van der Waals surface area contributed by atoms with Gasteiger partial charge in [0.2, 0.25) is 5.91 Å². The molecule has 2 heteroatoms. The van der Waals surface area contributed by atoms with Gasteiger partial charge in [-0.1, -0.05) is 52.4 Å². The lowest BCUT2D eigenvalue weighted by molar-refractivity contribution is -0.121. The molecule has 0 saturated heterocycles. The smallest absolute Gasteiger partial charge is 0.241 e. The molecule has 0 spiro atoms. The van der Waals surface area contributed by atoms with Gasteiger partial charge in [0.1, 0.15) is 0 Å². The van der Waals surface area contributed by atoms with Crippen LogP contribution >= 0.6 is 0 Å². The summed E-state index contributed by atoms with van der Waals surface area (Å²) in [7, 11) is 0. The monoisotopic (exact) mass is 212 g/mol. The van der Waals surface area contributed by atoms with Crippen LogP contribution in [0.5, 0.6) is 0 Å². The van der Waals surface area contributed by atoms with Crippen molar-refractivity contribution >= 4 is 5.91 Å². The fourth-order valence-electron chi connectivity index (χ4n) is 1.52. The molecule has 15 heavy (non-hydrogen) atoms. The number of unbranched alkanes of at least 4 members (excludes halogenated alkanes) is 6. The van der Waals surface area contributed by atoms with Crippen LogP contribution in [-0.2, 0) is 4.79 Å².